The van der Waals surface area contributed by atoms with Gasteiger partial charge >= 0.3 is 5.69 Å². The number of hydrogen-bond acceptors (Lipinski definition) is 3. The van der Waals surface area contributed by atoms with Gasteiger partial charge < -0.3 is 14.0 Å². The number of benzene rings is 2. The van der Waals surface area contributed by atoms with E-state index in [0.29, 0.717) is 53.1 Å². The van der Waals surface area contributed by atoms with Crippen LogP contribution in [0.3, 0.4) is 0 Å². The van der Waals surface area contributed by atoms with Gasteiger partial charge in [-0.15, -0.1) is 5.10 Å². The van der Waals surface area contributed by atoms with E-state index in [-0.39, 0.29) is 5.82 Å². The van der Waals surface area contributed by atoms with E-state index in [1.165, 1.54) is 28.9 Å². The normalized spacial score (nSPS) is 11.6. The second-order valence-electron chi connectivity index (χ2n) is 8.82. The van der Waals surface area contributed by atoms with Gasteiger partial charge in [-0.05, 0) is 42.8 Å². The van der Waals surface area contributed by atoms with Crippen LogP contribution < -0.4 is 5.69 Å². The lowest BCUT2D eigenvalue weighted by atomic mass is 10.1. The minimum absolute atomic E-state index is 0.294. The van der Waals surface area contributed by atoms with E-state index in [1.54, 1.807) is 29.4 Å². The van der Waals surface area contributed by atoms with Crippen molar-refractivity contribution >= 4 is 27.6 Å². The predicted molar refractivity (Wildman–Crippen MR) is 132 cm³/mol. The molecule has 0 unspecified atom stereocenters. The maximum Gasteiger partial charge on any atom is 0.348 e. The van der Waals surface area contributed by atoms with Gasteiger partial charge in [-0.2, -0.15) is 4.68 Å². The molecule has 0 atom stereocenters. The summed E-state index contributed by atoms with van der Waals surface area (Å²) in [7, 11) is 5.51. The molecule has 35 heavy (non-hydrogen) atoms. The number of aromatic amines is 1. The average molecular weight is 478 g/mol. The third-order valence-corrected chi connectivity index (χ3v) is 6.23. The quantitative estimate of drug-likeness (QED) is 0.283. The molecule has 5 aromatic rings. The maximum absolute atomic E-state index is 14.2. The highest BCUT2D eigenvalue weighted by molar-refractivity contribution is 5.94. The third kappa shape index (κ3) is 4.01. The minimum atomic E-state index is -0.480. The van der Waals surface area contributed by atoms with E-state index in [0.717, 1.165) is 11.0 Å². The molecular weight excluding hydrogens is 452 g/mol. The minimum Gasteiger partial charge on any atom is -0.367 e. The molecule has 0 bridgehead atoms. The molecule has 180 valence electrons. The lowest BCUT2D eigenvalue weighted by Gasteiger charge is -2.13. The van der Waals surface area contributed by atoms with Crippen molar-refractivity contribution < 1.29 is 8.78 Å². The zero-order valence-corrected chi connectivity index (χ0v) is 19.6. The Morgan fingerprint density at radius 3 is 2.46 bits per heavy atom. The van der Waals surface area contributed by atoms with Crippen molar-refractivity contribution in [3.8, 4) is 17.1 Å². The number of fused-ring (bicyclic) bond motifs is 2. The van der Waals surface area contributed by atoms with Crippen LogP contribution in [-0.4, -0.2) is 48.7 Å². The molecule has 0 radical (unpaired) electrons. The fraction of sp³-hybridized carbons (Fsp3) is 0.240. The molecule has 0 aliphatic carbocycles. The van der Waals surface area contributed by atoms with E-state index in [9.17, 15) is 13.6 Å². The number of rotatable bonds is 6. The van der Waals surface area contributed by atoms with E-state index in [1.807, 2.05) is 30.3 Å². The lowest BCUT2D eigenvalue weighted by molar-refractivity contribution is 0.576. The van der Waals surface area contributed by atoms with Crippen LogP contribution in [0.2, 0.25) is 0 Å². The van der Waals surface area contributed by atoms with Gasteiger partial charge in [0.25, 0.3) is 0 Å². The SMILES string of the molecule is CN(C)C(=N)CCCn1cc(-n2nc(-c3cn(C)c4ccc(F)cc34)[nH]c2=O)c2cc(F)ccc21. The Bertz CT molecular complexity index is 1640. The molecule has 0 fully saturated rings. The number of halogens is 2. The molecule has 0 amide bonds. The van der Waals surface area contributed by atoms with Crippen molar-refractivity contribution in [2.45, 2.75) is 19.4 Å². The molecule has 2 aromatic carbocycles. The Labute approximate surface area is 199 Å². The van der Waals surface area contributed by atoms with Crippen molar-refractivity contribution in [1.29, 1.82) is 5.41 Å². The number of aryl methyl sites for hydroxylation is 2. The summed E-state index contributed by atoms with van der Waals surface area (Å²) in [4.78, 5) is 17.5. The summed E-state index contributed by atoms with van der Waals surface area (Å²) in [5.74, 6) is 0.0159. The van der Waals surface area contributed by atoms with Gasteiger partial charge in [-0.25, -0.2) is 13.6 Å². The second-order valence-corrected chi connectivity index (χ2v) is 8.82. The smallest absolute Gasteiger partial charge is 0.348 e. The molecule has 5 rings (SSSR count). The summed E-state index contributed by atoms with van der Waals surface area (Å²) in [5, 5.41) is 13.7. The van der Waals surface area contributed by atoms with E-state index < -0.39 is 11.5 Å². The molecule has 0 aliphatic rings. The molecule has 0 aliphatic heterocycles. The summed E-state index contributed by atoms with van der Waals surface area (Å²) in [6.45, 7) is 0.590. The van der Waals surface area contributed by atoms with Crippen LogP contribution in [0.5, 0.6) is 0 Å². The van der Waals surface area contributed by atoms with Crippen molar-refractivity contribution in [2.24, 2.45) is 7.05 Å². The Hall–Kier alpha value is -4.21. The summed E-state index contributed by atoms with van der Waals surface area (Å²) < 4.78 is 33.1. The Morgan fingerprint density at radius 2 is 1.74 bits per heavy atom. The zero-order chi connectivity index (χ0) is 24.9. The van der Waals surface area contributed by atoms with Gasteiger partial charge in [0.15, 0.2) is 5.82 Å². The highest BCUT2D eigenvalue weighted by Crippen LogP contribution is 2.30. The fourth-order valence-electron chi connectivity index (χ4n) is 4.41. The number of nitrogens with zero attached hydrogens (tertiary/aromatic N) is 5. The third-order valence-electron chi connectivity index (χ3n) is 6.23. The van der Waals surface area contributed by atoms with Crippen LogP contribution in [0.1, 0.15) is 12.8 Å². The van der Waals surface area contributed by atoms with Gasteiger partial charge in [0.1, 0.15) is 11.6 Å². The maximum atomic E-state index is 14.2. The van der Waals surface area contributed by atoms with Crippen LogP contribution in [-0.2, 0) is 13.6 Å². The number of H-pyrrole nitrogens is 1. The molecule has 8 nitrogen and oxygen atoms in total. The first kappa shape index (κ1) is 22.6. The summed E-state index contributed by atoms with van der Waals surface area (Å²) in [6, 6.07) is 8.92. The second kappa shape index (κ2) is 8.53. The van der Waals surface area contributed by atoms with Gasteiger partial charge in [-0.3, -0.25) is 10.4 Å². The van der Waals surface area contributed by atoms with Crippen molar-refractivity contribution in [1.82, 2.24) is 28.8 Å². The molecule has 2 N–H and O–H groups in total. The molecule has 3 heterocycles. The summed E-state index contributed by atoms with van der Waals surface area (Å²) in [6.07, 6.45) is 4.86. The monoisotopic (exact) mass is 477 g/mol. The summed E-state index contributed by atoms with van der Waals surface area (Å²) >= 11 is 0. The molecule has 0 saturated heterocycles. The molecule has 0 spiro atoms. The van der Waals surface area contributed by atoms with Crippen molar-refractivity contribution in [3.63, 3.8) is 0 Å². The first-order valence-electron chi connectivity index (χ1n) is 11.2. The van der Waals surface area contributed by atoms with Crippen LogP contribution >= 0.6 is 0 Å². The largest absolute Gasteiger partial charge is 0.367 e. The van der Waals surface area contributed by atoms with Crippen LogP contribution in [0.4, 0.5) is 8.78 Å². The highest BCUT2D eigenvalue weighted by Gasteiger charge is 2.19. The summed E-state index contributed by atoms with van der Waals surface area (Å²) in [5.41, 5.74) is 2.13. The lowest BCUT2D eigenvalue weighted by Crippen LogP contribution is -2.20. The van der Waals surface area contributed by atoms with E-state index in [2.05, 4.69) is 10.1 Å². The Kier molecular flexibility index (Phi) is 5.50. The van der Waals surface area contributed by atoms with Crippen LogP contribution in [0.25, 0.3) is 38.9 Å². The number of hydrogen-bond donors (Lipinski definition) is 2. The predicted octanol–water partition coefficient (Wildman–Crippen LogP) is 4.27. The average Bonchev–Trinajstić information content (AvgIpc) is 3.46. The van der Waals surface area contributed by atoms with Gasteiger partial charge in [-0.1, -0.05) is 0 Å². The first-order valence-corrected chi connectivity index (χ1v) is 11.2. The number of aromatic nitrogens is 5. The Balaban J connectivity index is 1.58. The highest BCUT2D eigenvalue weighted by atomic mass is 19.1. The molecule has 10 heteroatoms. The Morgan fingerprint density at radius 1 is 1.06 bits per heavy atom. The van der Waals surface area contributed by atoms with Gasteiger partial charge in [0.2, 0.25) is 0 Å². The number of amidine groups is 1. The first-order chi connectivity index (χ1) is 16.7. The van der Waals surface area contributed by atoms with Crippen LogP contribution in [0, 0.1) is 17.0 Å². The van der Waals surface area contributed by atoms with Gasteiger partial charge in [0, 0.05) is 68.4 Å². The van der Waals surface area contributed by atoms with Crippen molar-refractivity contribution in [2.75, 3.05) is 14.1 Å². The van der Waals surface area contributed by atoms with E-state index >= 15 is 0 Å². The zero-order valence-electron chi connectivity index (χ0n) is 19.6. The molecule has 0 saturated carbocycles. The van der Waals surface area contributed by atoms with Crippen molar-refractivity contribution in [3.05, 3.63) is 70.9 Å². The number of nitrogens with one attached hydrogen (secondary N) is 2. The topological polar surface area (TPSA) is 87.6 Å². The fourth-order valence-corrected chi connectivity index (χ4v) is 4.41. The van der Waals surface area contributed by atoms with Gasteiger partial charge in [0.05, 0.1) is 17.0 Å². The molecular formula is C25H25F2N7O. The molecule has 3 aromatic heterocycles. The van der Waals surface area contributed by atoms with E-state index in [4.69, 9.17) is 5.41 Å². The van der Waals surface area contributed by atoms with Crippen LogP contribution in [0.15, 0.2) is 53.6 Å². The standard InChI is InChI=1S/C25H25F2N7O/c1-31(2)23(28)5-4-10-33-14-22(18-12-16(27)7-9-21(18)33)34-25(35)29-24(30-34)19-13-32(3)20-8-6-15(26)11-17(19)20/h6-9,11-14,28H,4-5,10H2,1-3H3,(H,29,30,35).